The molecule has 2 heteroatoms. The van der Waals surface area contributed by atoms with Gasteiger partial charge in [-0.15, -0.1) is 11.6 Å². The maximum Gasteiger partial charge on any atom is 0.0446 e. The predicted molar refractivity (Wildman–Crippen MR) is 241 cm³/mol. The van der Waals surface area contributed by atoms with Crippen molar-refractivity contribution >= 4 is 11.6 Å². The summed E-state index contributed by atoms with van der Waals surface area (Å²) < 4.78 is 0. The second-order valence-electron chi connectivity index (χ2n) is 16.5. The number of halogens is 1. The molecule has 2 rings (SSSR count). The van der Waals surface area contributed by atoms with Crippen LogP contribution in [0.1, 0.15) is 244 Å². The van der Waals surface area contributed by atoms with Crippen LogP contribution in [0.3, 0.4) is 0 Å². The first-order chi connectivity index (χ1) is 26.1. The van der Waals surface area contributed by atoms with Crippen molar-refractivity contribution in [2.45, 2.75) is 251 Å². The summed E-state index contributed by atoms with van der Waals surface area (Å²) in [7, 11) is 0. The minimum atomic E-state index is 0.0977. The highest BCUT2D eigenvalue weighted by Gasteiger charge is 2.25. The Labute approximate surface area is 338 Å². The van der Waals surface area contributed by atoms with Crippen LogP contribution in [0, 0.1) is 0 Å². The first kappa shape index (κ1) is 49.7. The van der Waals surface area contributed by atoms with Gasteiger partial charge in [0.05, 0.1) is 0 Å². The van der Waals surface area contributed by atoms with Gasteiger partial charge in [-0.1, -0.05) is 274 Å². The average Bonchev–Trinajstić information content (AvgIpc) is 3.18. The van der Waals surface area contributed by atoms with E-state index < -0.39 is 0 Å². The van der Waals surface area contributed by atoms with Crippen molar-refractivity contribution in [3.8, 4) is 0 Å². The Hall–Kier alpha value is -1.31. The van der Waals surface area contributed by atoms with Crippen molar-refractivity contribution in [1.29, 1.82) is 0 Å². The molecule has 0 aliphatic carbocycles. The second-order valence-corrected chi connectivity index (χ2v) is 17.3. The number of alkyl halides is 1. The fourth-order valence-corrected chi connectivity index (χ4v) is 8.11. The third-order valence-corrected chi connectivity index (χ3v) is 11.8. The zero-order valence-electron chi connectivity index (χ0n) is 35.9. The topological polar surface area (TPSA) is 12.0 Å². The van der Waals surface area contributed by atoms with E-state index in [0.29, 0.717) is 0 Å². The van der Waals surface area contributed by atoms with Crippen LogP contribution >= 0.6 is 11.6 Å². The largest absolute Gasteiger partial charge is 0.309 e. The summed E-state index contributed by atoms with van der Waals surface area (Å²) >= 11 is 7.37. The highest BCUT2D eigenvalue weighted by Crippen LogP contribution is 2.35. The van der Waals surface area contributed by atoms with Crippen molar-refractivity contribution < 1.29 is 0 Å². The number of rotatable bonds is 37. The fourth-order valence-electron chi connectivity index (χ4n) is 7.71. The lowest BCUT2D eigenvalue weighted by atomic mass is 9.88. The summed E-state index contributed by atoms with van der Waals surface area (Å²) in [5, 5.41) is 3.42. The molecule has 0 amide bonds. The lowest BCUT2D eigenvalue weighted by Gasteiger charge is -2.27. The zero-order valence-corrected chi connectivity index (χ0v) is 36.7. The van der Waals surface area contributed by atoms with E-state index in [-0.39, 0.29) is 4.87 Å². The second kappa shape index (κ2) is 38.9. The maximum absolute atomic E-state index is 7.37. The van der Waals surface area contributed by atoms with Crippen LogP contribution in [0.2, 0.25) is 0 Å². The molecule has 0 spiro atoms. The van der Waals surface area contributed by atoms with Crippen LogP contribution in [0.15, 0.2) is 60.7 Å². The van der Waals surface area contributed by atoms with Crippen molar-refractivity contribution in [3.05, 3.63) is 71.8 Å². The summed E-state index contributed by atoms with van der Waals surface area (Å²) in [5.41, 5.74) is 2.65. The van der Waals surface area contributed by atoms with Gasteiger partial charge in [0.2, 0.25) is 0 Å². The van der Waals surface area contributed by atoms with Crippen molar-refractivity contribution in [1.82, 2.24) is 5.32 Å². The first-order valence-electron chi connectivity index (χ1n) is 23.6. The smallest absolute Gasteiger partial charge is 0.0446 e. The average molecular weight is 753 g/mol. The van der Waals surface area contributed by atoms with E-state index >= 15 is 0 Å². The molecule has 306 valence electrons. The summed E-state index contributed by atoms with van der Waals surface area (Å²) in [5.74, 6) is 0. The lowest BCUT2D eigenvalue weighted by Crippen LogP contribution is -2.21. The van der Waals surface area contributed by atoms with Gasteiger partial charge in [0.15, 0.2) is 0 Å². The Kier molecular flexibility index (Phi) is 36.5. The highest BCUT2D eigenvalue weighted by atomic mass is 35.5. The van der Waals surface area contributed by atoms with E-state index in [4.69, 9.17) is 11.6 Å². The quantitative estimate of drug-likeness (QED) is 0.0535. The van der Waals surface area contributed by atoms with Gasteiger partial charge >= 0.3 is 0 Å². The van der Waals surface area contributed by atoms with Gasteiger partial charge in [0, 0.05) is 18.0 Å². The molecule has 0 unspecified atom stereocenters. The van der Waals surface area contributed by atoms with Crippen LogP contribution in [0.4, 0.5) is 0 Å². The molecule has 0 fully saturated rings. The van der Waals surface area contributed by atoms with Gasteiger partial charge in [0.25, 0.3) is 0 Å². The molecule has 0 saturated carbocycles. The lowest BCUT2D eigenvalue weighted by molar-refractivity contribution is 0.394. The van der Waals surface area contributed by atoms with Crippen LogP contribution in [-0.4, -0.2) is 4.87 Å². The molecular weight excluding hydrogens is 662 g/mol. The van der Waals surface area contributed by atoms with E-state index in [9.17, 15) is 0 Å². The van der Waals surface area contributed by atoms with E-state index in [1.807, 2.05) is 12.1 Å². The molecule has 1 nitrogen and oxygen atoms in total. The van der Waals surface area contributed by atoms with Crippen LogP contribution < -0.4 is 5.32 Å². The Morgan fingerprint density at radius 3 is 0.811 bits per heavy atom. The van der Waals surface area contributed by atoms with Crippen LogP contribution in [-0.2, 0) is 13.1 Å². The molecule has 53 heavy (non-hydrogen) atoms. The fraction of sp³-hybridized carbons (Fsp3) is 0.765. The first-order valence-corrected chi connectivity index (χ1v) is 24.0. The van der Waals surface area contributed by atoms with Gasteiger partial charge < -0.3 is 5.32 Å². The van der Waals surface area contributed by atoms with Gasteiger partial charge in [-0.2, -0.15) is 0 Å². The number of benzene rings is 2. The molecule has 1 N–H and O–H groups in total. The molecule has 2 aromatic carbocycles. The number of unbranched alkanes of at least 4 members (excludes halogenated alkanes) is 27. The van der Waals surface area contributed by atoms with Crippen LogP contribution in [0.25, 0.3) is 0 Å². The van der Waals surface area contributed by atoms with Gasteiger partial charge in [-0.25, -0.2) is 0 Å². The molecule has 0 aromatic heterocycles. The molecule has 2 aromatic rings. The molecule has 0 aliphatic rings. The highest BCUT2D eigenvalue weighted by molar-refractivity contribution is 6.23. The Morgan fingerprint density at radius 2 is 0.566 bits per heavy atom. The molecule has 0 saturated heterocycles. The Bertz CT molecular complexity index is 859. The summed E-state index contributed by atoms with van der Waals surface area (Å²) in [6, 6.07) is 20.9. The SMILES string of the molecule is CCCCCCCCCCCCC(Cl)(CCCCCCCCCCCC)CCCCCCCCCCCC.c1ccc(CNCc2ccccc2)cc1. The maximum atomic E-state index is 7.37. The summed E-state index contributed by atoms with van der Waals surface area (Å²) in [4.78, 5) is 0.0977. The molecule has 0 atom stereocenters. The van der Waals surface area contributed by atoms with Crippen molar-refractivity contribution in [2.24, 2.45) is 0 Å². The molecule has 0 heterocycles. The number of hydrogen-bond donors (Lipinski definition) is 1. The molecule has 0 bridgehead atoms. The standard InChI is InChI=1S/C37H75Cl.C14H15N/c1-4-7-10-13-16-19-22-25-28-31-34-37(38,35-32-29-26-23-20-17-14-11-8-5-2)36-33-30-27-24-21-18-15-12-9-6-3;1-3-7-13(8-4-1)11-15-12-14-9-5-2-6-10-14/h4-36H2,1-3H3;1-10,15H,11-12H2. The van der Waals surface area contributed by atoms with Crippen molar-refractivity contribution in [3.63, 3.8) is 0 Å². The van der Waals surface area contributed by atoms with Gasteiger partial charge in [-0.05, 0) is 30.4 Å². The number of nitrogens with one attached hydrogen (secondary N) is 1. The molecule has 0 radical (unpaired) electrons. The molecule has 0 aliphatic heterocycles. The Morgan fingerprint density at radius 1 is 0.340 bits per heavy atom. The van der Waals surface area contributed by atoms with Crippen molar-refractivity contribution in [2.75, 3.05) is 0 Å². The minimum Gasteiger partial charge on any atom is -0.309 e. The van der Waals surface area contributed by atoms with E-state index in [1.54, 1.807) is 0 Å². The van der Waals surface area contributed by atoms with Gasteiger partial charge in [-0.3, -0.25) is 0 Å². The normalized spacial score (nSPS) is 11.5. The Balaban J connectivity index is 0.000000765. The monoisotopic (exact) mass is 752 g/mol. The van der Waals surface area contributed by atoms with Crippen LogP contribution in [0.5, 0.6) is 0 Å². The van der Waals surface area contributed by atoms with Gasteiger partial charge in [0.1, 0.15) is 0 Å². The van der Waals surface area contributed by atoms with E-state index in [1.165, 1.54) is 223 Å². The third-order valence-electron chi connectivity index (χ3n) is 11.3. The van der Waals surface area contributed by atoms with E-state index in [0.717, 1.165) is 13.1 Å². The minimum absolute atomic E-state index is 0.0977. The molecular formula is C51H90ClN. The zero-order chi connectivity index (χ0) is 38.2. The summed E-state index contributed by atoms with van der Waals surface area (Å²) in [6.45, 7) is 8.78. The van der Waals surface area contributed by atoms with E-state index in [2.05, 4.69) is 74.6 Å². The predicted octanol–water partition coefficient (Wildman–Crippen LogP) is 17.9. The summed E-state index contributed by atoms with van der Waals surface area (Å²) in [6.07, 6.45) is 46.5. The number of hydrogen-bond acceptors (Lipinski definition) is 1. The third kappa shape index (κ3) is 33.7.